The van der Waals surface area contributed by atoms with Crippen LogP contribution in [-0.2, 0) is 0 Å². The van der Waals surface area contributed by atoms with Crippen LogP contribution in [0.25, 0.3) is 10.9 Å². The van der Waals surface area contributed by atoms with Crippen LogP contribution in [0.4, 0.5) is 4.39 Å². The number of hydrogen-bond donors (Lipinski definition) is 1. The quantitative estimate of drug-likeness (QED) is 0.744. The molecule has 3 nitrogen and oxygen atoms in total. The predicted molar refractivity (Wildman–Crippen MR) is 82.7 cm³/mol. The smallest absolute Gasteiger partial charge is 0.137 e. The maximum atomic E-state index is 14.2. The van der Waals surface area contributed by atoms with Gasteiger partial charge in [0.1, 0.15) is 17.2 Å². The van der Waals surface area contributed by atoms with Crippen LogP contribution in [0.15, 0.2) is 58.7 Å². The molecule has 0 aliphatic heterocycles. The number of benzene rings is 2. The van der Waals surface area contributed by atoms with Crippen molar-refractivity contribution in [2.24, 2.45) is 5.73 Å². The molecular weight excluding hydrogens is 285 g/mol. The van der Waals surface area contributed by atoms with Crippen molar-refractivity contribution < 1.29 is 4.39 Å². The van der Waals surface area contributed by atoms with E-state index in [1.165, 1.54) is 24.2 Å². The first kappa shape index (κ1) is 14.0. The minimum atomic E-state index is -0.280. The fourth-order valence-corrected chi connectivity index (χ4v) is 2.93. The van der Waals surface area contributed by atoms with E-state index in [1.807, 2.05) is 37.3 Å². The lowest BCUT2D eigenvalue weighted by molar-refractivity contribution is 0.596. The van der Waals surface area contributed by atoms with E-state index in [-0.39, 0.29) is 11.9 Å². The molecule has 1 heterocycles. The van der Waals surface area contributed by atoms with Gasteiger partial charge in [0.15, 0.2) is 0 Å². The van der Waals surface area contributed by atoms with E-state index in [0.717, 1.165) is 21.5 Å². The SMILES string of the molecule is CC(N)c1ccc(Sc2ncnc3ccccc23)c(F)c1. The van der Waals surface area contributed by atoms with Crippen LogP contribution in [-0.4, -0.2) is 9.97 Å². The summed E-state index contributed by atoms with van der Waals surface area (Å²) < 4.78 is 14.2. The van der Waals surface area contributed by atoms with Gasteiger partial charge in [-0.3, -0.25) is 0 Å². The van der Waals surface area contributed by atoms with Crippen LogP contribution in [0.5, 0.6) is 0 Å². The molecule has 0 bridgehead atoms. The van der Waals surface area contributed by atoms with Crippen LogP contribution < -0.4 is 5.73 Å². The van der Waals surface area contributed by atoms with Gasteiger partial charge in [0, 0.05) is 16.3 Å². The van der Waals surface area contributed by atoms with Crippen molar-refractivity contribution in [3.63, 3.8) is 0 Å². The molecule has 3 aromatic rings. The maximum absolute atomic E-state index is 14.2. The summed E-state index contributed by atoms with van der Waals surface area (Å²) in [7, 11) is 0. The van der Waals surface area contributed by atoms with Crippen molar-refractivity contribution in [3.8, 4) is 0 Å². The second-order valence-electron chi connectivity index (χ2n) is 4.78. The molecule has 3 rings (SSSR count). The van der Waals surface area contributed by atoms with Gasteiger partial charge in [-0.25, -0.2) is 14.4 Å². The van der Waals surface area contributed by atoms with Crippen LogP contribution in [0.1, 0.15) is 18.5 Å². The van der Waals surface area contributed by atoms with Crippen molar-refractivity contribution >= 4 is 22.7 Å². The Morgan fingerprint density at radius 1 is 1.14 bits per heavy atom. The van der Waals surface area contributed by atoms with Gasteiger partial charge in [0.2, 0.25) is 0 Å². The van der Waals surface area contributed by atoms with Gasteiger partial charge in [-0.1, -0.05) is 36.0 Å². The molecule has 0 fully saturated rings. The zero-order valence-corrected chi connectivity index (χ0v) is 12.3. The maximum Gasteiger partial charge on any atom is 0.137 e. The number of halogens is 1. The van der Waals surface area contributed by atoms with Crippen LogP contribution in [0, 0.1) is 5.82 Å². The molecule has 0 aliphatic rings. The summed E-state index contributed by atoms with van der Waals surface area (Å²) in [5, 5.41) is 1.66. The number of fused-ring (bicyclic) bond motifs is 1. The zero-order valence-electron chi connectivity index (χ0n) is 11.5. The first-order chi connectivity index (χ1) is 10.1. The number of hydrogen-bond acceptors (Lipinski definition) is 4. The summed E-state index contributed by atoms with van der Waals surface area (Å²) in [6.45, 7) is 1.83. The second kappa shape index (κ2) is 5.79. The summed E-state index contributed by atoms with van der Waals surface area (Å²) >= 11 is 1.30. The highest BCUT2D eigenvalue weighted by Gasteiger charge is 2.10. The third kappa shape index (κ3) is 2.89. The minimum absolute atomic E-state index is 0.182. The van der Waals surface area contributed by atoms with Crippen LogP contribution in [0.2, 0.25) is 0 Å². The number of rotatable bonds is 3. The Labute approximate surface area is 126 Å². The molecule has 2 aromatic carbocycles. The highest BCUT2D eigenvalue weighted by molar-refractivity contribution is 7.99. The van der Waals surface area contributed by atoms with E-state index in [9.17, 15) is 4.39 Å². The summed E-state index contributed by atoms with van der Waals surface area (Å²) in [4.78, 5) is 9.00. The summed E-state index contributed by atoms with van der Waals surface area (Å²) in [6, 6.07) is 12.6. The van der Waals surface area contributed by atoms with Gasteiger partial charge in [0.25, 0.3) is 0 Å². The number of nitrogens with two attached hydrogens (primary N) is 1. The summed E-state index contributed by atoms with van der Waals surface area (Å²) in [6.07, 6.45) is 1.50. The third-order valence-electron chi connectivity index (χ3n) is 3.19. The van der Waals surface area contributed by atoms with Gasteiger partial charge in [0.05, 0.1) is 5.52 Å². The third-order valence-corrected chi connectivity index (χ3v) is 4.26. The fourth-order valence-electron chi connectivity index (χ4n) is 2.05. The molecule has 0 saturated heterocycles. The van der Waals surface area contributed by atoms with Crippen molar-refractivity contribution in [1.29, 1.82) is 0 Å². The van der Waals surface area contributed by atoms with Crippen molar-refractivity contribution in [2.45, 2.75) is 22.9 Å². The molecular formula is C16H14FN3S. The number of para-hydroxylation sites is 1. The Balaban J connectivity index is 1.99. The zero-order chi connectivity index (χ0) is 14.8. The van der Waals surface area contributed by atoms with Gasteiger partial charge in [-0.05, 0) is 30.7 Å². The van der Waals surface area contributed by atoms with Gasteiger partial charge in [-0.2, -0.15) is 0 Å². The average Bonchev–Trinajstić information content (AvgIpc) is 2.49. The lowest BCUT2D eigenvalue weighted by Crippen LogP contribution is -2.05. The lowest BCUT2D eigenvalue weighted by atomic mass is 10.1. The molecule has 1 atom stereocenters. The Hall–Kier alpha value is -1.98. The topological polar surface area (TPSA) is 51.8 Å². The van der Waals surface area contributed by atoms with Gasteiger partial charge in [-0.15, -0.1) is 0 Å². The van der Waals surface area contributed by atoms with E-state index in [4.69, 9.17) is 5.73 Å². The van der Waals surface area contributed by atoms with Crippen molar-refractivity contribution in [3.05, 3.63) is 60.2 Å². The molecule has 2 N–H and O–H groups in total. The highest BCUT2D eigenvalue weighted by Crippen LogP contribution is 2.33. The molecule has 0 radical (unpaired) electrons. The molecule has 1 unspecified atom stereocenters. The van der Waals surface area contributed by atoms with E-state index < -0.39 is 0 Å². The molecule has 0 aliphatic carbocycles. The fraction of sp³-hybridized carbons (Fsp3) is 0.125. The Morgan fingerprint density at radius 2 is 1.95 bits per heavy atom. The Morgan fingerprint density at radius 3 is 2.71 bits per heavy atom. The van der Waals surface area contributed by atoms with E-state index in [1.54, 1.807) is 6.07 Å². The first-order valence-electron chi connectivity index (χ1n) is 6.58. The van der Waals surface area contributed by atoms with Crippen LogP contribution >= 0.6 is 11.8 Å². The monoisotopic (exact) mass is 299 g/mol. The molecule has 0 spiro atoms. The average molecular weight is 299 g/mol. The molecule has 106 valence electrons. The molecule has 0 saturated carbocycles. The Kier molecular flexibility index (Phi) is 3.86. The van der Waals surface area contributed by atoms with Gasteiger partial charge < -0.3 is 5.73 Å². The van der Waals surface area contributed by atoms with Crippen molar-refractivity contribution in [2.75, 3.05) is 0 Å². The highest BCUT2D eigenvalue weighted by atomic mass is 32.2. The number of aromatic nitrogens is 2. The molecule has 5 heteroatoms. The van der Waals surface area contributed by atoms with E-state index in [0.29, 0.717) is 4.90 Å². The van der Waals surface area contributed by atoms with Crippen LogP contribution in [0.3, 0.4) is 0 Å². The van der Waals surface area contributed by atoms with E-state index in [2.05, 4.69) is 9.97 Å². The molecule has 21 heavy (non-hydrogen) atoms. The number of nitrogens with zero attached hydrogens (tertiary/aromatic N) is 2. The minimum Gasteiger partial charge on any atom is -0.324 e. The normalized spacial score (nSPS) is 12.5. The van der Waals surface area contributed by atoms with Gasteiger partial charge >= 0.3 is 0 Å². The van der Waals surface area contributed by atoms with Crippen molar-refractivity contribution in [1.82, 2.24) is 9.97 Å². The summed E-state index contributed by atoms with van der Waals surface area (Å²) in [5.41, 5.74) is 7.40. The Bertz CT molecular complexity index is 784. The van der Waals surface area contributed by atoms with E-state index >= 15 is 0 Å². The summed E-state index contributed by atoms with van der Waals surface area (Å²) in [5.74, 6) is -0.280. The predicted octanol–water partition coefficient (Wildman–Crippen LogP) is 3.94. The molecule has 1 aromatic heterocycles. The largest absolute Gasteiger partial charge is 0.324 e. The lowest BCUT2D eigenvalue weighted by Gasteiger charge is -2.09. The first-order valence-corrected chi connectivity index (χ1v) is 7.39. The molecule has 0 amide bonds. The standard InChI is InChI=1S/C16H14FN3S/c1-10(18)11-6-7-15(13(17)8-11)21-16-12-4-2-3-5-14(12)19-9-20-16/h2-10H,18H2,1H3. The second-order valence-corrected chi connectivity index (χ2v) is 5.81.